The number of hydrogen-bond acceptors (Lipinski definition) is 5. The third-order valence-corrected chi connectivity index (χ3v) is 5.04. The summed E-state index contributed by atoms with van der Waals surface area (Å²) in [6.45, 7) is 2.12. The quantitative estimate of drug-likeness (QED) is 0.657. The highest BCUT2D eigenvalue weighted by Gasteiger charge is 2.32. The van der Waals surface area contributed by atoms with E-state index in [4.69, 9.17) is 4.52 Å². The standard InChI is InChI=1S/C22H24N4O2/c1-25(15-17-8-3-2-4-9-17)16-18-14-20(24-28-18)22(27)26-13-7-11-21(26)19-10-5-6-12-23-19/h2-6,8-10,12,14,21H,7,11,13,15-16H2,1H3. The highest BCUT2D eigenvalue weighted by atomic mass is 16.5. The highest BCUT2D eigenvalue weighted by Crippen LogP contribution is 2.31. The molecule has 144 valence electrons. The lowest BCUT2D eigenvalue weighted by Gasteiger charge is -2.23. The number of carbonyl (C=O) groups excluding carboxylic acids is 1. The van der Waals surface area contributed by atoms with Crippen LogP contribution in [0.15, 0.2) is 65.3 Å². The van der Waals surface area contributed by atoms with Crippen LogP contribution in [0.5, 0.6) is 0 Å². The molecule has 0 bridgehead atoms. The Bertz CT molecular complexity index is 911. The molecule has 0 radical (unpaired) electrons. The van der Waals surface area contributed by atoms with E-state index in [0.717, 1.165) is 31.6 Å². The van der Waals surface area contributed by atoms with Gasteiger partial charge in [-0.2, -0.15) is 0 Å². The van der Waals surface area contributed by atoms with E-state index in [0.29, 0.717) is 18.0 Å². The number of carbonyl (C=O) groups is 1. The van der Waals surface area contributed by atoms with E-state index in [9.17, 15) is 4.79 Å². The summed E-state index contributed by atoms with van der Waals surface area (Å²) in [6, 6.07) is 17.9. The maximum absolute atomic E-state index is 13.0. The summed E-state index contributed by atoms with van der Waals surface area (Å²) in [5, 5.41) is 4.04. The first-order valence-electron chi connectivity index (χ1n) is 9.60. The molecule has 1 aliphatic rings. The van der Waals surface area contributed by atoms with Gasteiger partial charge in [0.05, 0.1) is 18.3 Å². The maximum atomic E-state index is 13.0. The van der Waals surface area contributed by atoms with Crippen molar-refractivity contribution in [2.24, 2.45) is 0 Å². The van der Waals surface area contributed by atoms with Crippen molar-refractivity contribution in [1.82, 2.24) is 19.9 Å². The lowest BCUT2D eigenvalue weighted by molar-refractivity contribution is 0.0722. The van der Waals surface area contributed by atoms with Crippen LogP contribution in [0.3, 0.4) is 0 Å². The van der Waals surface area contributed by atoms with Crippen LogP contribution < -0.4 is 0 Å². The second-order valence-corrected chi connectivity index (χ2v) is 7.25. The summed E-state index contributed by atoms with van der Waals surface area (Å²) >= 11 is 0. The van der Waals surface area contributed by atoms with Crippen LogP contribution in [0, 0.1) is 0 Å². The van der Waals surface area contributed by atoms with Crippen LogP contribution in [-0.4, -0.2) is 39.4 Å². The van der Waals surface area contributed by atoms with Crippen LogP contribution in [0.25, 0.3) is 0 Å². The molecule has 1 unspecified atom stereocenters. The first kappa shape index (κ1) is 18.4. The van der Waals surface area contributed by atoms with E-state index in [1.807, 2.05) is 48.3 Å². The first-order valence-corrected chi connectivity index (χ1v) is 9.60. The topological polar surface area (TPSA) is 62.5 Å². The highest BCUT2D eigenvalue weighted by molar-refractivity contribution is 5.92. The van der Waals surface area contributed by atoms with Crippen molar-refractivity contribution in [2.45, 2.75) is 32.0 Å². The van der Waals surface area contributed by atoms with E-state index in [2.05, 4.69) is 27.2 Å². The summed E-state index contributed by atoms with van der Waals surface area (Å²) in [7, 11) is 2.02. The van der Waals surface area contributed by atoms with E-state index in [1.54, 1.807) is 12.3 Å². The minimum Gasteiger partial charge on any atom is -0.359 e. The fourth-order valence-corrected chi connectivity index (χ4v) is 3.74. The Morgan fingerprint density at radius 2 is 2.00 bits per heavy atom. The van der Waals surface area contributed by atoms with Gasteiger partial charge < -0.3 is 9.42 Å². The van der Waals surface area contributed by atoms with Crippen molar-refractivity contribution in [2.75, 3.05) is 13.6 Å². The fourth-order valence-electron chi connectivity index (χ4n) is 3.74. The Labute approximate surface area is 164 Å². The molecule has 3 heterocycles. The number of aromatic nitrogens is 2. The predicted octanol–water partition coefficient (Wildman–Crippen LogP) is 3.68. The molecule has 0 spiro atoms. The molecular weight excluding hydrogens is 352 g/mol. The zero-order chi connectivity index (χ0) is 19.3. The molecule has 6 heteroatoms. The molecule has 1 amide bonds. The second-order valence-electron chi connectivity index (χ2n) is 7.25. The Morgan fingerprint density at radius 1 is 1.18 bits per heavy atom. The second kappa shape index (κ2) is 8.35. The zero-order valence-corrected chi connectivity index (χ0v) is 16.0. The first-order chi connectivity index (χ1) is 13.7. The van der Waals surface area contributed by atoms with Gasteiger partial charge in [-0.25, -0.2) is 0 Å². The van der Waals surface area contributed by atoms with Gasteiger partial charge >= 0.3 is 0 Å². The lowest BCUT2D eigenvalue weighted by Crippen LogP contribution is -2.31. The molecule has 1 fully saturated rings. The van der Waals surface area contributed by atoms with Gasteiger partial charge in [0.2, 0.25) is 0 Å². The Morgan fingerprint density at radius 3 is 2.79 bits per heavy atom. The summed E-state index contributed by atoms with van der Waals surface area (Å²) in [4.78, 5) is 21.4. The lowest BCUT2D eigenvalue weighted by atomic mass is 10.1. The smallest absolute Gasteiger partial charge is 0.276 e. The van der Waals surface area contributed by atoms with Gasteiger partial charge in [0.25, 0.3) is 5.91 Å². The van der Waals surface area contributed by atoms with Gasteiger partial charge in [-0.05, 0) is 37.6 Å². The average molecular weight is 376 g/mol. The maximum Gasteiger partial charge on any atom is 0.276 e. The largest absolute Gasteiger partial charge is 0.359 e. The Kier molecular flexibility index (Phi) is 5.48. The van der Waals surface area contributed by atoms with Crippen LogP contribution in [0.1, 0.15) is 46.4 Å². The molecule has 0 aliphatic carbocycles. The van der Waals surface area contributed by atoms with Crippen LogP contribution in [-0.2, 0) is 13.1 Å². The van der Waals surface area contributed by atoms with E-state index in [-0.39, 0.29) is 11.9 Å². The monoisotopic (exact) mass is 376 g/mol. The number of rotatable bonds is 6. The van der Waals surface area contributed by atoms with Crippen molar-refractivity contribution < 1.29 is 9.32 Å². The fraction of sp³-hybridized carbons (Fsp3) is 0.318. The molecule has 1 aromatic carbocycles. The molecule has 0 N–H and O–H groups in total. The third kappa shape index (κ3) is 4.12. The molecule has 6 nitrogen and oxygen atoms in total. The normalized spacial score (nSPS) is 16.6. The van der Waals surface area contributed by atoms with Gasteiger partial charge in [0.1, 0.15) is 0 Å². The SMILES string of the molecule is CN(Cc1ccccc1)Cc1cc(C(=O)N2CCCC2c2ccccn2)no1. The van der Waals surface area contributed by atoms with E-state index < -0.39 is 0 Å². The van der Waals surface area contributed by atoms with Gasteiger partial charge in [0.15, 0.2) is 11.5 Å². The van der Waals surface area contributed by atoms with Crippen molar-refractivity contribution in [3.63, 3.8) is 0 Å². The molecule has 4 rings (SSSR count). The van der Waals surface area contributed by atoms with Crippen molar-refractivity contribution in [3.8, 4) is 0 Å². The van der Waals surface area contributed by atoms with Crippen molar-refractivity contribution in [3.05, 3.63) is 83.5 Å². The van der Waals surface area contributed by atoms with Crippen LogP contribution in [0.2, 0.25) is 0 Å². The number of nitrogens with zero attached hydrogens (tertiary/aromatic N) is 4. The van der Waals surface area contributed by atoms with Gasteiger partial charge in [-0.1, -0.05) is 41.6 Å². The summed E-state index contributed by atoms with van der Waals surface area (Å²) in [5.74, 6) is 0.601. The molecule has 2 aromatic heterocycles. The van der Waals surface area contributed by atoms with Crippen molar-refractivity contribution in [1.29, 1.82) is 0 Å². The number of hydrogen-bond donors (Lipinski definition) is 0. The van der Waals surface area contributed by atoms with Gasteiger partial charge in [-0.3, -0.25) is 14.7 Å². The van der Waals surface area contributed by atoms with Crippen molar-refractivity contribution >= 4 is 5.91 Å². The van der Waals surface area contributed by atoms with Gasteiger partial charge in [-0.15, -0.1) is 0 Å². The number of pyridine rings is 1. The van der Waals surface area contributed by atoms with Gasteiger partial charge in [0, 0.05) is 25.4 Å². The third-order valence-electron chi connectivity index (χ3n) is 5.04. The molecule has 1 atom stereocenters. The predicted molar refractivity (Wildman–Crippen MR) is 105 cm³/mol. The molecule has 0 saturated carbocycles. The molecule has 1 saturated heterocycles. The molecule has 28 heavy (non-hydrogen) atoms. The van der Waals surface area contributed by atoms with Crippen LogP contribution in [0.4, 0.5) is 0 Å². The van der Waals surface area contributed by atoms with E-state index in [1.165, 1.54) is 5.56 Å². The number of amides is 1. The molecular formula is C22H24N4O2. The molecule has 1 aliphatic heterocycles. The Hall–Kier alpha value is -2.99. The summed E-state index contributed by atoms with van der Waals surface area (Å²) in [5.41, 5.74) is 2.53. The number of likely N-dealkylation sites (tertiary alicyclic amines) is 1. The minimum atomic E-state index is -0.0890. The average Bonchev–Trinajstić information content (AvgIpc) is 3.38. The summed E-state index contributed by atoms with van der Waals surface area (Å²) in [6.07, 6.45) is 3.66. The van der Waals surface area contributed by atoms with E-state index >= 15 is 0 Å². The summed E-state index contributed by atoms with van der Waals surface area (Å²) < 4.78 is 5.44. The number of benzene rings is 1. The minimum absolute atomic E-state index is 0.00889. The Balaban J connectivity index is 1.41. The zero-order valence-electron chi connectivity index (χ0n) is 16.0. The van der Waals surface area contributed by atoms with Crippen LogP contribution >= 0.6 is 0 Å². The molecule has 3 aromatic rings.